The Balaban J connectivity index is 4.09. The minimum absolute atomic E-state index is 0.263. The van der Waals surface area contributed by atoms with Crippen molar-refractivity contribution in [3.05, 3.63) is 48.6 Å². The summed E-state index contributed by atoms with van der Waals surface area (Å²) in [6.45, 7) is 4.41. The van der Waals surface area contributed by atoms with E-state index in [1.165, 1.54) is 83.1 Å². The van der Waals surface area contributed by atoms with Crippen LogP contribution in [0, 0.1) is 0 Å². The van der Waals surface area contributed by atoms with Crippen LogP contribution in [0.4, 0.5) is 0 Å². The summed E-state index contributed by atoms with van der Waals surface area (Å²) in [6.07, 6.45) is 40.3. The minimum atomic E-state index is -4.45. The Morgan fingerprint density at radius 3 is 1.49 bits per heavy atom. The van der Waals surface area contributed by atoms with Crippen molar-refractivity contribution in [2.45, 2.75) is 186 Å². The van der Waals surface area contributed by atoms with Gasteiger partial charge in [0.05, 0.1) is 17.9 Å². The Morgan fingerprint density at radius 2 is 1.00 bits per heavy atom. The van der Waals surface area contributed by atoms with E-state index in [0.29, 0.717) is 12.8 Å². The van der Waals surface area contributed by atoms with Gasteiger partial charge < -0.3 is 15.5 Å². The lowest BCUT2D eigenvalue weighted by atomic mass is 10.0. The summed E-state index contributed by atoms with van der Waals surface area (Å²) in [5.74, 6) is -1.58. The van der Waals surface area contributed by atoms with Crippen molar-refractivity contribution in [1.29, 1.82) is 0 Å². The van der Waals surface area contributed by atoms with E-state index in [9.17, 15) is 28.0 Å². The molecule has 0 rings (SSSR count). The smallest absolute Gasteiger partial charge is 0.267 e. The second-order valence-electron chi connectivity index (χ2n) is 13.0. The van der Waals surface area contributed by atoms with Gasteiger partial charge in [-0.15, -0.1) is 0 Å². The fraction of sp³-hybridized carbons (Fsp3) is 0.769. The molecule has 0 fully saturated rings. The van der Waals surface area contributed by atoms with E-state index < -0.39 is 40.0 Å². The van der Waals surface area contributed by atoms with Crippen molar-refractivity contribution in [3.8, 4) is 0 Å². The lowest BCUT2D eigenvalue weighted by molar-refractivity contribution is -0.130. The molecule has 7 nitrogen and oxygen atoms in total. The fourth-order valence-electron chi connectivity index (χ4n) is 5.37. The highest BCUT2D eigenvalue weighted by atomic mass is 32.2. The van der Waals surface area contributed by atoms with E-state index in [0.717, 1.165) is 57.8 Å². The molecule has 0 spiro atoms. The van der Waals surface area contributed by atoms with Gasteiger partial charge in [0.15, 0.2) is 0 Å². The molecule has 0 aliphatic rings. The summed E-state index contributed by atoms with van der Waals surface area (Å²) in [5, 5.41) is 23.2. The molecule has 0 saturated heterocycles. The predicted octanol–water partition coefficient (Wildman–Crippen LogP) is 9.71. The average Bonchev–Trinajstić information content (AvgIpc) is 3.03. The molecule has 0 heterocycles. The molecule has 0 bridgehead atoms. The number of nitrogens with one attached hydrogen (secondary N) is 1. The van der Waals surface area contributed by atoms with Crippen molar-refractivity contribution >= 4 is 16.0 Å². The van der Waals surface area contributed by atoms with E-state index in [4.69, 9.17) is 0 Å². The van der Waals surface area contributed by atoms with Crippen LogP contribution in [0.25, 0.3) is 0 Å². The van der Waals surface area contributed by atoms with Crippen LogP contribution < -0.4 is 5.32 Å². The standard InChI is InChI=1S/C39H71NO6S/c1-3-5-7-9-11-13-15-16-17-18-19-20-21-22-24-26-28-30-32-34-38(42)39(43)40-36(35-47(44,45)46)37(41)33-31-29-27-25-23-14-12-10-8-6-4-2/h8,10,19-20,23,25,31,33,36-38,41-42H,3-7,9,11-18,21-22,24,26-30,32,34-35H2,1-2H3,(H,40,43)(H,44,45,46)/b10-8+,20-19-,25-23+,33-31+. The second kappa shape index (κ2) is 32.8. The zero-order valence-electron chi connectivity index (χ0n) is 30.0. The van der Waals surface area contributed by atoms with Crippen LogP contribution in [0.3, 0.4) is 0 Å². The lowest BCUT2D eigenvalue weighted by Gasteiger charge is -2.22. The maximum absolute atomic E-state index is 12.5. The SMILES string of the molecule is CCC/C=C/CC/C=C/CC/C=C/C(O)C(CS(=O)(=O)O)NC(=O)C(O)CCCCCCCC/C=C\CCCCCCCCCCC. The first kappa shape index (κ1) is 45.3. The number of carbonyl (C=O) groups is 1. The van der Waals surface area contributed by atoms with Crippen molar-refractivity contribution in [2.24, 2.45) is 0 Å². The zero-order chi connectivity index (χ0) is 34.9. The molecular weight excluding hydrogens is 610 g/mol. The molecule has 1 amide bonds. The maximum Gasteiger partial charge on any atom is 0.267 e. The Kier molecular flexibility index (Phi) is 31.6. The molecule has 0 aliphatic carbocycles. The van der Waals surface area contributed by atoms with Gasteiger partial charge in [-0.05, 0) is 64.2 Å². The van der Waals surface area contributed by atoms with Gasteiger partial charge in [-0.2, -0.15) is 8.42 Å². The molecule has 274 valence electrons. The lowest BCUT2D eigenvalue weighted by Crippen LogP contribution is -2.50. The number of allylic oxidation sites excluding steroid dienone is 7. The largest absolute Gasteiger partial charge is 0.387 e. The van der Waals surface area contributed by atoms with Crippen LogP contribution in [0.15, 0.2) is 48.6 Å². The zero-order valence-corrected chi connectivity index (χ0v) is 30.8. The molecule has 0 aromatic carbocycles. The van der Waals surface area contributed by atoms with E-state index >= 15 is 0 Å². The number of aliphatic hydroxyl groups is 2. The van der Waals surface area contributed by atoms with Crippen LogP contribution in [0.5, 0.6) is 0 Å². The quantitative estimate of drug-likeness (QED) is 0.0311. The molecule has 0 aliphatic heterocycles. The predicted molar refractivity (Wildman–Crippen MR) is 199 cm³/mol. The van der Waals surface area contributed by atoms with Gasteiger partial charge in [-0.1, -0.05) is 152 Å². The summed E-state index contributed by atoms with van der Waals surface area (Å²) in [4.78, 5) is 12.5. The average molecular weight is 682 g/mol. The van der Waals surface area contributed by atoms with Gasteiger partial charge in [0.25, 0.3) is 10.1 Å². The summed E-state index contributed by atoms with van der Waals surface area (Å²) in [7, 11) is -4.45. The third-order valence-corrected chi connectivity index (χ3v) is 9.07. The molecule has 0 aromatic rings. The van der Waals surface area contributed by atoms with Crippen LogP contribution in [-0.4, -0.2) is 53.1 Å². The first-order chi connectivity index (χ1) is 22.7. The van der Waals surface area contributed by atoms with Gasteiger partial charge in [0.1, 0.15) is 6.10 Å². The summed E-state index contributed by atoms with van der Waals surface area (Å²) in [5.41, 5.74) is 0. The minimum Gasteiger partial charge on any atom is -0.387 e. The van der Waals surface area contributed by atoms with Gasteiger partial charge in [-0.3, -0.25) is 9.35 Å². The number of rotatable bonds is 33. The molecule has 0 saturated carbocycles. The molecule has 3 atom stereocenters. The van der Waals surface area contributed by atoms with Crippen LogP contribution >= 0.6 is 0 Å². The molecule has 47 heavy (non-hydrogen) atoms. The number of hydrogen-bond donors (Lipinski definition) is 4. The molecule has 0 aromatic heterocycles. The summed E-state index contributed by atoms with van der Waals surface area (Å²) in [6, 6.07) is -1.26. The van der Waals surface area contributed by atoms with Gasteiger partial charge in [0, 0.05) is 0 Å². The number of hydrogen-bond acceptors (Lipinski definition) is 5. The van der Waals surface area contributed by atoms with Gasteiger partial charge in [-0.25, -0.2) is 0 Å². The van der Waals surface area contributed by atoms with Crippen molar-refractivity contribution in [3.63, 3.8) is 0 Å². The Hall–Kier alpha value is -1.74. The number of carbonyl (C=O) groups excluding carboxylic acids is 1. The highest BCUT2D eigenvalue weighted by Crippen LogP contribution is 2.13. The topological polar surface area (TPSA) is 124 Å². The first-order valence-corrected chi connectivity index (χ1v) is 20.6. The van der Waals surface area contributed by atoms with E-state index in [2.05, 4.69) is 55.6 Å². The van der Waals surface area contributed by atoms with E-state index in [-0.39, 0.29) is 6.42 Å². The van der Waals surface area contributed by atoms with E-state index in [1.807, 2.05) is 0 Å². The van der Waals surface area contributed by atoms with Crippen molar-refractivity contribution in [2.75, 3.05) is 5.75 Å². The summed E-state index contributed by atoms with van der Waals surface area (Å²) >= 11 is 0. The Bertz CT molecular complexity index is 943. The normalized spacial score (nSPS) is 14.6. The summed E-state index contributed by atoms with van der Waals surface area (Å²) < 4.78 is 32.3. The first-order valence-electron chi connectivity index (χ1n) is 18.9. The number of aliphatic hydroxyl groups excluding tert-OH is 2. The van der Waals surface area contributed by atoms with Crippen LogP contribution in [-0.2, 0) is 14.9 Å². The molecule has 3 unspecified atom stereocenters. The number of unbranched alkanes of at least 4 members (excludes halogenated alkanes) is 18. The molecule has 8 heteroatoms. The number of amides is 1. The molecular formula is C39H71NO6S. The maximum atomic E-state index is 12.5. The van der Waals surface area contributed by atoms with Crippen LogP contribution in [0.1, 0.15) is 168 Å². The van der Waals surface area contributed by atoms with Crippen LogP contribution in [0.2, 0.25) is 0 Å². The molecule has 0 radical (unpaired) electrons. The highest BCUT2D eigenvalue weighted by molar-refractivity contribution is 7.85. The Labute approximate surface area is 289 Å². The van der Waals surface area contributed by atoms with E-state index in [1.54, 1.807) is 6.08 Å². The highest BCUT2D eigenvalue weighted by Gasteiger charge is 2.27. The Morgan fingerprint density at radius 1 is 0.574 bits per heavy atom. The molecule has 4 N–H and O–H groups in total. The monoisotopic (exact) mass is 682 g/mol. The van der Waals surface area contributed by atoms with Crippen molar-refractivity contribution in [1.82, 2.24) is 5.32 Å². The van der Waals surface area contributed by atoms with Gasteiger partial charge in [0.2, 0.25) is 5.91 Å². The third-order valence-electron chi connectivity index (χ3n) is 8.29. The second-order valence-corrected chi connectivity index (χ2v) is 14.5. The van der Waals surface area contributed by atoms with Crippen molar-refractivity contribution < 1.29 is 28.0 Å². The fourth-order valence-corrected chi connectivity index (χ4v) is 6.11. The van der Waals surface area contributed by atoms with Gasteiger partial charge >= 0.3 is 0 Å². The third kappa shape index (κ3) is 32.6.